The number of ether oxygens (including phenoxy) is 3. The van der Waals surface area contributed by atoms with Crippen LogP contribution in [0.15, 0.2) is 66.7 Å². The summed E-state index contributed by atoms with van der Waals surface area (Å²) in [5.41, 5.74) is 3.00. The average Bonchev–Trinajstić information content (AvgIpc) is 3.21. The van der Waals surface area contributed by atoms with E-state index in [1.165, 1.54) is 0 Å². The SMILES string of the molecule is CCOC(=O)[C@]12Cc3cc(OC)c(OC)cc3C1N(Cc1ccccc1)C(=O)c1ccccc12. The zero-order valence-corrected chi connectivity index (χ0v) is 19.5. The van der Waals surface area contributed by atoms with Crippen LogP contribution >= 0.6 is 0 Å². The normalized spacial score (nSPS) is 20.3. The lowest BCUT2D eigenvalue weighted by molar-refractivity contribution is -0.153. The fourth-order valence-electron chi connectivity index (χ4n) is 5.51. The molecule has 3 aromatic rings. The minimum Gasteiger partial charge on any atom is -0.493 e. The van der Waals surface area contributed by atoms with Crippen molar-refractivity contribution in [2.75, 3.05) is 20.8 Å². The van der Waals surface area contributed by atoms with E-state index < -0.39 is 11.5 Å². The molecule has 6 heteroatoms. The Morgan fingerprint density at radius 1 is 1.00 bits per heavy atom. The van der Waals surface area contributed by atoms with Crippen LogP contribution in [0.1, 0.15) is 45.6 Å². The Kier molecular flexibility index (Phi) is 5.52. The van der Waals surface area contributed by atoms with Crippen LogP contribution < -0.4 is 9.47 Å². The number of hydrogen-bond acceptors (Lipinski definition) is 5. The molecule has 0 fully saturated rings. The molecule has 1 amide bonds. The zero-order chi connectivity index (χ0) is 23.9. The highest BCUT2D eigenvalue weighted by molar-refractivity contribution is 6.03. The summed E-state index contributed by atoms with van der Waals surface area (Å²) in [6.07, 6.45) is 0.405. The van der Waals surface area contributed by atoms with Crippen LogP contribution in [0.3, 0.4) is 0 Å². The molecule has 0 saturated carbocycles. The highest BCUT2D eigenvalue weighted by atomic mass is 16.5. The predicted octanol–water partition coefficient (Wildman–Crippen LogP) is 4.46. The van der Waals surface area contributed by atoms with Crippen molar-refractivity contribution < 1.29 is 23.8 Å². The molecule has 1 aliphatic carbocycles. The molecule has 0 spiro atoms. The van der Waals surface area contributed by atoms with Crippen LogP contribution in [0, 0.1) is 0 Å². The average molecular weight is 458 g/mol. The molecule has 1 unspecified atom stereocenters. The number of nitrogens with zero attached hydrogens (tertiary/aromatic N) is 1. The van der Waals surface area contributed by atoms with Gasteiger partial charge in [0.15, 0.2) is 11.5 Å². The van der Waals surface area contributed by atoms with E-state index >= 15 is 0 Å². The zero-order valence-electron chi connectivity index (χ0n) is 19.5. The number of rotatable bonds is 6. The highest BCUT2D eigenvalue weighted by Crippen LogP contribution is 2.57. The largest absolute Gasteiger partial charge is 0.493 e. The van der Waals surface area contributed by atoms with Gasteiger partial charge < -0.3 is 19.1 Å². The van der Waals surface area contributed by atoms with Gasteiger partial charge in [-0.05, 0) is 53.8 Å². The maximum absolute atomic E-state index is 13.9. The highest BCUT2D eigenvalue weighted by Gasteiger charge is 2.61. The third-order valence-corrected chi connectivity index (χ3v) is 6.92. The Morgan fingerprint density at radius 2 is 1.68 bits per heavy atom. The van der Waals surface area contributed by atoms with Gasteiger partial charge in [0.1, 0.15) is 5.41 Å². The molecule has 5 rings (SSSR count). The van der Waals surface area contributed by atoms with E-state index in [-0.39, 0.29) is 18.5 Å². The van der Waals surface area contributed by atoms with Crippen molar-refractivity contribution in [2.24, 2.45) is 0 Å². The third-order valence-electron chi connectivity index (χ3n) is 6.92. The minimum absolute atomic E-state index is 0.105. The molecule has 2 aliphatic rings. The Hall–Kier alpha value is -3.80. The Morgan fingerprint density at radius 3 is 2.38 bits per heavy atom. The third kappa shape index (κ3) is 3.16. The molecule has 1 heterocycles. The van der Waals surface area contributed by atoms with Gasteiger partial charge in [0.2, 0.25) is 0 Å². The van der Waals surface area contributed by atoms with Crippen molar-refractivity contribution in [3.8, 4) is 11.5 Å². The number of esters is 1. The first kappa shape index (κ1) is 22.0. The summed E-state index contributed by atoms with van der Waals surface area (Å²) in [4.78, 5) is 29.5. The molecule has 0 bridgehead atoms. The maximum Gasteiger partial charge on any atom is 0.319 e. The summed E-state index contributed by atoms with van der Waals surface area (Å²) in [5, 5.41) is 0. The van der Waals surface area contributed by atoms with Gasteiger partial charge in [-0.2, -0.15) is 0 Å². The number of amides is 1. The number of fused-ring (bicyclic) bond motifs is 5. The lowest BCUT2D eigenvalue weighted by Crippen LogP contribution is -2.54. The summed E-state index contributed by atoms with van der Waals surface area (Å²) in [5.74, 6) is 0.721. The van der Waals surface area contributed by atoms with Gasteiger partial charge in [-0.25, -0.2) is 0 Å². The van der Waals surface area contributed by atoms with Gasteiger partial charge in [-0.3, -0.25) is 9.59 Å². The van der Waals surface area contributed by atoms with Gasteiger partial charge in [0.05, 0.1) is 26.9 Å². The van der Waals surface area contributed by atoms with Crippen LogP contribution in [-0.2, 0) is 27.9 Å². The van der Waals surface area contributed by atoms with E-state index in [4.69, 9.17) is 14.2 Å². The molecule has 0 saturated heterocycles. The number of methoxy groups -OCH3 is 2. The minimum atomic E-state index is -1.06. The van der Waals surface area contributed by atoms with Crippen molar-refractivity contribution in [2.45, 2.75) is 31.3 Å². The lowest BCUT2D eigenvalue weighted by Gasteiger charge is -2.45. The Labute approximate surface area is 199 Å². The number of hydrogen-bond donors (Lipinski definition) is 0. The topological polar surface area (TPSA) is 65.1 Å². The van der Waals surface area contributed by atoms with Crippen LogP contribution in [0.4, 0.5) is 0 Å². The first-order valence-corrected chi connectivity index (χ1v) is 11.4. The van der Waals surface area contributed by atoms with Crippen LogP contribution in [0.2, 0.25) is 0 Å². The van der Waals surface area contributed by atoms with E-state index in [2.05, 4.69) is 0 Å². The van der Waals surface area contributed by atoms with Crippen molar-refractivity contribution >= 4 is 11.9 Å². The molecule has 34 heavy (non-hydrogen) atoms. The monoisotopic (exact) mass is 457 g/mol. The summed E-state index contributed by atoms with van der Waals surface area (Å²) in [6.45, 7) is 2.43. The van der Waals surface area contributed by atoms with E-state index in [9.17, 15) is 9.59 Å². The molecule has 0 radical (unpaired) electrons. The number of carbonyl (C=O) groups is 2. The van der Waals surface area contributed by atoms with Crippen LogP contribution in [0.25, 0.3) is 0 Å². The molecule has 174 valence electrons. The summed E-state index contributed by atoms with van der Waals surface area (Å²) in [6, 6.07) is 20.5. The second-order valence-electron chi connectivity index (χ2n) is 8.64. The molecule has 3 aromatic carbocycles. The van der Waals surface area contributed by atoms with Gasteiger partial charge in [0, 0.05) is 12.1 Å². The van der Waals surface area contributed by atoms with Gasteiger partial charge in [-0.15, -0.1) is 0 Å². The smallest absolute Gasteiger partial charge is 0.319 e. The second kappa shape index (κ2) is 8.52. The standard InChI is InChI=1S/C28H27NO5/c1-4-34-27(31)28-16-19-14-23(32-2)24(33-3)15-21(19)25(28)29(17-18-10-6-5-7-11-18)26(30)20-12-8-9-13-22(20)28/h5-15,25H,4,16-17H2,1-3H3/t25?,28-/m0/s1. The quantitative estimate of drug-likeness (QED) is 0.512. The van der Waals surface area contributed by atoms with E-state index in [0.717, 1.165) is 16.7 Å². The van der Waals surface area contributed by atoms with Crippen molar-refractivity contribution in [3.63, 3.8) is 0 Å². The molecular formula is C28H27NO5. The van der Waals surface area contributed by atoms with E-state index in [1.807, 2.05) is 65.6 Å². The van der Waals surface area contributed by atoms with E-state index in [1.54, 1.807) is 27.2 Å². The second-order valence-corrected chi connectivity index (χ2v) is 8.64. The fraction of sp³-hybridized carbons (Fsp3) is 0.286. The number of benzene rings is 3. The molecule has 2 atom stereocenters. The first-order valence-electron chi connectivity index (χ1n) is 11.4. The maximum atomic E-state index is 13.9. The fourth-order valence-corrected chi connectivity index (χ4v) is 5.51. The molecule has 0 aromatic heterocycles. The summed E-state index contributed by atoms with van der Waals surface area (Å²) < 4.78 is 16.8. The molecule has 6 nitrogen and oxygen atoms in total. The van der Waals surface area contributed by atoms with Gasteiger partial charge in [0.25, 0.3) is 5.91 Å². The Balaban J connectivity index is 1.78. The molecular weight excluding hydrogens is 430 g/mol. The number of carbonyl (C=O) groups excluding carboxylic acids is 2. The predicted molar refractivity (Wildman–Crippen MR) is 127 cm³/mol. The van der Waals surface area contributed by atoms with E-state index in [0.29, 0.717) is 35.6 Å². The first-order chi connectivity index (χ1) is 16.5. The van der Waals surface area contributed by atoms with Crippen molar-refractivity contribution in [1.82, 2.24) is 4.90 Å². The van der Waals surface area contributed by atoms with Gasteiger partial charge in [-0.1, -0.05) is 48.5 Å². The van der Waals surface area contributed by atoms with Crippen LogP contribution in [0.5, 0.6) is 11.5 Å². The molecule has 1 aliphatic heterocycles. The van der Waals surface area contributed by atoms with Crippen molar-refractivity contribution in [1.29, 1.82) is 0 Å². The lowest BCUT2D eigenvalue weighted by atomic mass is 9.69. The van der Waals surface area contributed by atoms with Gasteiger partial charge >= 0.3 is 5.97 Å². The summed E-state index contributed by atoms with van der Waals surface area (Å²) in [7, 11) is 3.18. The molecule has 0 N–H and O–H groups in total. The Bertz CT molecular complexity index is 1250. The van der Waals surface area contributed by atoms with Crippen molar-refractivity contribution in [3.05, 3.63) is 94.5 Å². The van der Waals surface area contributed by atoms with Crippen LogP contribution in [-0.4, -0.2) is 37.6 Å². The summed E-state index contributed by atoms with van der Waals surface area (Å²) >= 11 is 0.